The van der Waals surface area contributed by atoms with Crippen LogP contribution >= 0.6 is 11.6 Å². The summed E-state index contributed by atoms with van der Waals surface area (Å²) in [5, 5.41) is 0.236. The first-order valence-electron chi connectivity index (χ1n) is 9.87. The molecule has 2 aromatic carbocycles. The van der Waals surface area contributed by atoms with E-state index in [9.17, 15) is 12.8 Å². The largest absolute Gasteiger partial charge is 0.261 e. The predicted octanol–water partition coefficient (Wildman–Crippen LogP) is 5.03. The van der Waals surface area contributed by atoms with Gasteiger partial charge in [0.2, 0.25) is 10.0 Å². The van der Waals surface area contributed by atoms with Crippen LogP contribution in [0.4, 0.5) is 4.39 Å². The minimum absolute atomic E-state index is 0.0271. The maximum atomic E-state index is 13.4. The normalized spacial score (nSPS) is 17.7. The van der Waals surface area contributed by atoms with Crippen molar-refractivity contribution in [3.05, 3.63) is 94.5 Å². The molecule has 0 bridgehead atoms. The molecule has 4 nitrogen and oxygen atoms in total. The van der Waals surface area contributed by atoms with Crippen molar-refractivity contribution in [1.82, 2.24) is 9.29 Å². The number of aromatic nitrogens is 1. The third kappa shape index (κ3) is 4.56. The standard InChI is InChI=1S/C23H22ClFN2O2S/c24-21-8-1-2-9-23(21)30(28,29)27-12-4-6-19(16-27)22-11-10-18(15-26-22)13-17-5-3-7-20(25)14-17/h1-3,5,7-11,14-15,19H,4,6,12-13,16H2/t19-/m0/s1. The average Bonchev–Trinajstić information content (AvgIpc) is 2.75. The van der Waals surface area contributed by atoms with Crippen molar-refractivity contribution in [2.45, 2.75) is 30.1 Å². The smallest absolute Gasteiger partial charge is 0.244 e. The molecule has 1 aliphatic heterocycles. The number of hydrogen-bond donors (Lipinski definition) is 0. The van der Waals surface area contributed by atoms with Crippen LogP contribution in [0.2, 0.25) is 5.02 Å². The Morgan fingerprint density at radius 3 is 2.63 bits per heavy atom. The van der Waals surface area contributed by atoms with Gasteiger partial charge in [-0.2, -0.15) is 4.31 Å². The molecule has 0 spiro atoms. The van der Waals surface area contributed by atoms with Crippen LogP contribution in [0.5, 0.6) is 0 Å². The number of halogens is 2. The van der Waals surface area contributed by atoms with E-state index in [1.54, 1.807) is 36.5 Å². The lowest BCUT2D eigenvalue weighted by Crippen LogP contribution is -2.39. The summed E-state index contributed by atoms with van der Waals surface area (Å²) in [6.45, 7) is 0.853. The summed E-state index contributed by atoms with van der Waals surface area (Å²) in [5.41, 5.74) is 2.75. The quantitative estimate of drug-likeness (QED) is 0.554. The summed E-state index contributed by atoms with van der Waals surface area (Å²) in [5.74, 6) is -0.224. The van der Waals surface area contributed by atoms with Crippen LogP contribution in [0.3, 0.4) is 0 Å². The number of sulfonamides is 1. The molecule has 1 atom stereocenters. The summed E-state index contributed by atoms with van der Waals surface area (Å²) in [6.07, 6.45) is 4.04. The highest BCUT2D eigenvalue weighted by molar-refractivity contribution is 7.89. The number of hydrogen-bond acceptors (Lipinski definition) is 3. The molecule has 30 heavy (non-hydrogen) atoms. The lowest BCUT2D eigenvalue weighted by molar-refractivity contribution is 0.312. The van der Waals surface area contributed by atoms with Gasteiger partial charge in [0.1, 0.15) is 10.7 Å². The molecule has 156 valence electrons. The van der Waals surface area contributed by atoms with Crippen molar-refractivity contribution in [3.8, 4) is 0 Å². The van der Waals surface area contributed by atoms with E-state index >= 15 is 0 Å². The van der Waals surface area contributed by atoms with Crippen molar-refractivity contribution < 1.29 is 12.8 Å². The summed E-state index contributed by atoms with van der Waals surface area (Å²) >= 11 is 6.13. The number of nitrogens with zero attached hydrogens (tertiary/aromatic N) is 2. The molecule has 0 saturated carbocycles. The van der Waals surface area contributed by atoms with Gasteiger partial charge in [-0.3, -0.25) is 4.98 Å². The Morgan fingerprint density at radius 1 is 1.07 bits per heavy atom. The maximum absolute atomic E-state index is 13.4. The van der Waals surface area contributed by atoms with Crippen molar-refractivity contribution in [3.63, 3.8) is 0 Å². The molecule has 7 heteroatoms. The molecular weight excluding hydrogens is 423 g/mol. The highest BCUT2D eigenvalue weighted by atomic mass is 35.5. The Bertz CT molecular complexity index is 1140. The van der Waals surface area contributed by atoms with Crippen LogP contribution in [0.25, 0.3) is 0 Å². The van der Waals surface area contributed by atoms with Crippen molar-refractivity contribution >= 4 is 21.6 Å². The van der Waals surface area contributed by atoms with Crippen LogP contribution in [-0.2, 0) is 16.4 Å². The van der Waals surface area contributed by atoms with Crippen molar-refractivity contribution in [1.29, 1.82) is 0 Å². The molecule has 0 N–H and O–H groups in total. The Morgan fingerprint density at radius 2 is 1.90 bits per heavy atom. The SMILES string of the molecule is O=S(=O)(c1ccccc1Cl)N1CCC[C@H](c2ccc(Cc3cccc(F)c3)cn2)C1. The zero-order valence-corrected chi connectivity index (χ0v) is 17.9. The average molecular weight is 445 g/mol. The van der Waals surface area contributed by atoms with E-state index in [4.69, 9.17) is 11.6 Å². The molecule has 1 saturated heterocycles. The molecule has 4 rings (SSSR count). The molecule has 0 radical (unpaired) electrons. The van der Waals surface area contributed by atoms with Gasteiger partial charge in [0.25, 0.3) is 0 Å². The summed E-state index contributed by atoms with van der Waals surface area (Å²) in [7, 11) is -3.65. The first-order valence-corrected chi connectivity index (χ1v) is 11.7. The first kappa shape index (κ1) is 21.0. The minimum Gasteiger partial charge on any atom is -0.261 e. The zero-order valence-electron chi connectivity index (χ0n) is 16.3. The lowest BCUT2D eigenvalue weighted by Gasteiger charge is -2.32. The molecule has 2 heterocycles. The third-order valence-corrected chi connectivity index (χ3v) is 7.77. The van der Waals surface area contributed by atoms with Crippen LogP contribution in [0, 0.1) is 5.82 Å². The second-order valence-corrected chi connectivity index (χ2v) is 9.84. The molecule has 1 aromatic heterocycles. The van der Waals surface area contributed by atoms with E-state index in [1.807, 2.05) is 18.2 Å². The van der Waals surface area contributed by atoms with Gasteiger partial charge in [-0.15, -0.1) is 0 Å². The van der Waals surface area contributed by atoms with Crippen LogP contribution in [-0.4, -0.2) is 30.8 Å². The van der Waals surface area contributed by atoms with E-state index in [-0.39, 0.29) is 21.7 Å². The second kappa shape index (κ2) is 8.84. The van der Waals surface area contributed by atoms with E-state index in [0.717, 1.165) is 29.7 Å². The minimum atomic E-state index is -3.65. The second-order valence-electron chi connectivity index (χ2n) is 7.53. The van der Waals surface area contributed by atoms with E-state index in [1.165, 1.54) is 16.4 Å². The van der Waals surface area contributed by atoms with Gasteiger partial charge in [-0.05, 0) is 60.7 Å². The number of benzene rings is 2. The molecule has 0 unspecified atom stereocenters. The molecule has 3 aromatic rings. The molecule has 1 aliphatic rings. The molecule has 1 fully saturated rings. The van der Waals surface area contributed by atoms with Crippen molar-refractivity contribution in [2.75, 3.05) is 13.1 Å². The van der Waals surface area contributed by atoms with Gasteiger partial charge >= 0.3 is 0 Å². The third-order valence-electron chi connectivity index (χ3n) is 5.40. The van der Waals surface area contributed by atoms with Gasteiger partial charge in [0, 0.05) is 30.9 Å². The lowest BCUT2D eigenvalue weighted by atomic mass is 9.95. The topological polar surface area (TPSA) is 50.3 Å². The Balaban J connectivity index is 1.49. The Labute approximate surface area is 181 Å². The molecule has 0 aliphatic carbocycles. The van der Waals surface area contributed by atoms with Gasteiger partial charge < -0.3 is 0 Å². The molecular formula is C23H22ClFN2O2S. The summed E-state index contributed by atoms with van der Waals surface area (Å²) in [4.78, 5) is 4.73. The number of rotatable bonds is 5. The zero-order chi connectivity index (χ0) is 21.1. The molecule has 0 amide bonds. The highest BCUT2D eigenvalue weighted by Gasteiger charge is 2.32. The van der Waals surface area contributed by atoms with E-state index in [2.05, 4.69) is 4.98 Å². The van der Waals surface area contributed by atoms with Crippen LogP contribution < -0.4 is 0 Å². The predicted molar refractivity (Wildman–Crippen MR) is 116 cm³/mol. The summed E-state index contributed by atoms with van der Waals surface area (Å²) < 4.78 is 41.0. The van der Waals surface area contributed by atoms with E-state index in [0.29, 0.717) is 19.5 Å². The number of piperidine rings is 1. The van der Waals surface area contributed by atoms with Crippen LogP contribution in [0.1, 0.15) is 35.6 Å². The number of pyridine rings is 1. The fourth-order valence-electron chi connectivity index (χ4n) is 3.86. The van der Waals surface area contributed by atoms with Gasteiger partial charge in [-0.1, -0.05) is 41.9 Å². The highest BCUT2D eigenvalue weighted by Crippen LogP contribution is 2.31. The Kier molecular flexibility index (Phi) is 6.18. The van der Waals surface area contributed by atoms with Gasteiger partial charge in [0.15, 0.2) is 0 Å². The fraction of sp³-hybridized carbons (Fsp3) is 0.261. The van der Waals surface area contributed by atoms with E-state index < -0.39 is 10.0 Å². The first-order chi connectivity index (χ1) is 14.4. The maximum Gasteiger partial charge on any atom is 0.244 e. The van der Waals surface area contributed by atoms with Crippen molar-refractivity contribution in [2.24, 2.45) is 0 Å². The Hall–Kier alpha value is -2.28. The fourth-order valence-corrected chi connectivity index (χ4v) is 5.88. The van der Waals surface area contributed by atoms with Gasteiger partial charge in [0.05, 0.1) is 5.02 Å². The van der Waals surface area contributed by atoms with Gasteiger partial charge in [-0.25, -0.2) is 12.8 Å². The monoisotopic (exact) mass is 444 g/mol. The van der Waals surface area contributed by atoms with Crippen LogP contribution in [0.15, 0.2) is 71.8 Å². The summed E-state index contributed by atoms with van der Waals surface area (Å²) in [6, 6.07) is 17.0.